The van der Waals surface area contributed by atoms with E-state index in [1.807, 2.05) is 42.5 Å². The molecule has 3 aromatic rings. The first kappa shape index (κ1) is 13.4. The van der Waals surface area contributed by atoms with Gasteiger partial charge in [0.15, 0.2) is 5.78 Å². The predicted octanol–water partition coefficient (Wildman–Crippen LogP) is 5.14. The van der Waals surface area contributed by atoms with Crippen LogP contribution in [-0.4, -0.2) is 12.0 Å². The molecule has 22 heavy (non-hydrogen) atoms. The molecule has 0 unspecified atom stereocenters. The molecule has 0 saturated heterocycles. The first-order valence-electron chi connectivity index (χ1n) is 7.29. The fourth-order valence-corrected chi connectivity index (χ4v) is 6.58. The molecular weight excluding hydrogens is 288 g/mol. The molecule has 0 aromatic heterocycles. The molecule has 0 N–H and O–H groups in total. The van der Waals surface area contributed by atoms with Crippen LogP contribution >= 0.6 is 10.0 Å². The van der Waals surface area contributed by atoms with Gasteiger partial charge in [-0.2, -0.15) is 10.0 Å². The van der Waals surface area contributed by atoms with Crippen LogP contribution in [-0.2, 0) is 0 Å². The number of carbonyl (C=O) groups excluding carboxylic acids is 1. The van der Waals surface area contributed by atoms with Crippen molar-refractivity contribution < 1.29 is 4.79 Å². The lowest BCUT2D eigenvalue weighted by molar-refractivity contribution is 0.103. The highest BCUT2D eigenvalue weighted by Gasteiger charge is 2.37. The van der Waals surface area contributed by atoms with Gasteiger partial charge in [0.2, 0.25) is 0 Å². The van der Waals surface area contributed by atoms with Crippen molar-refractivity contribution in [1.29, 1.82) is 0 Å². The smallest absolute Gasteiger partial charge is 0.195 e. The molecule has 2 heteroatoms. The van der Waals surface area contributed by atoms with Gasteiger partial charge in [-0.1, -0.05) is 42.5 Å². The molecule has 108 valence electrons. The summed E-state index contributed by atoms with van der Waals surface area (Å²) in [6.45, 7) is 0. The number of benzene rings is 3. The molecule has 1 aliphatic rings. The average Bonchev–Trinajstić information content (AvgIpc) is 2.60. The number of carbonyl (C=O) groups is 1. The quantitative estimate of drug-likeness (QED) is 0.608. The van der Waals surface area contributed by atoms with Gasteiger partial charge in [0, 0.05) is 20.9 Å². The van der Waals surface area contributed by atoms with Crippen molar-refractivity contribution in [3.63, 3.8) is 0 Å². The van der Waals surface area contributed by atoms with E-state index in [1.165, 1.54) is 14.7 Å². The molecule has 1 heterocycles. The molecule has 0 saturated carbocycles. The summed E-state index contributed by atoms with van der Waals surface area (Å²) in [5, 5.41) is 0. The lowest BCUT2D eigenvalue weighted by Crippen LogP contribution is -2.18. The molecule has 0 spiro atoms. The van der Waals surface area contributed by atoms with E-state index in [0.29, 0.717) is 0 Å². The molecule has 0 aliphatic carbocycles. The number of ketones is 1. The van der Waals surface area contributed by atoms with E-state index in [-0.39, 0.29) is 5.78 Å². The third-order valence-corrected chi connectivity index (χ3v) is 8.04. The summed E-state index contributed by atoms with van der Waals surface area (Å²) in [5.74, 6) is 0.145. The monoisotopic (exact) mass is 304 g/mol. The lowest BCUT2D eigenvalue weighted by Gasteiger charge is -2.42. The average molecular weight is 304 g/mol. The van der Waals surface area contributed by atoms with Crippen molar-refractivity contribution in [3.05, 3.63) is 90.0 Å². The minimum atomic E-state index is -1.39. The molecule has 0 atom stereocenters. The Balaban J connectivity index is 2.12. The first-order valence-corrected chi connectivity index (χ1v) is 9.33. The normalized spacial score (nSPS) is 16.5. The third kappa shape index (κ3) is 1.71. The summed E-state index contributed by atoms with van der Waals surface area (Å²) >= 11 is 0. The summed E-state index contributed by atoms with van der Waals surface area (Å²) in [4.78, 5) is 16.5. The highest BCUT2D eigenvalue weighted by atomic mass is 32.3. The lowest BCUT2D eigenvalue weighted by atomic mass is 10.0. The first-order chi connectivity index (χ1) is 10.7. The molecule has 0 amide bonds. The standard InChI is InChI=1S/C20H16OS/c1-22(15-9-3-2-4-10-15)18-13-7-5-11-16(18)20(21)17-12-6-8-14-19(17)22/h2-14H,1H3. The number of fused-ring (bicyclic) bond motifs is 2. The van der Waals surface area contributed by atoms with Crippen LogP contribution in [0, 0.1) is 0 Å². The SMILES string of the molecule is CS1(c2ccccc2)c2ccccc2C(=O)c2ccccc21. The van der Waals surface area contributed by atoms with Gasteiger partial charge >= 0.3 is 0 Å². The highest BCUT2D eigenvalue weighted by Crippen LogP contribution is 2.69. The van der Waals surface area contributed by atoms with Crippen LogP contribution in [0.25, 0.3) is 0 Å². The van der Waals surface area contributed by atoms with Crippen molar-refractivity contribution >= 4 is 15.8 Å². The van der Waals surface area contributed by atoms with Gasteiger partial charge in [0.1, 0.15) is 0 Å². The second-order valence-corrected chi connectivity index (χ2v) is 8.74. The molecule has 1 nitrogen and oxygen atoms in total. The zero-order valence-corrected chi connectivity index (χ0v) is 13.1. The second kappa shape index (κ2) is 4.85. The largest absolute Gasteiger partial charge is 0.289 e. The molecule has 0 radical (unpaired) electrons. The van der Waals surface area contributed by atoms with Crippen LogP contribution in [0.4, 0.5) is 0 Å². The van der Waals surface area contributed by atoms with Crippen LogP contribution < -0.4 is 0 Å². The van der Waals surface area contributed by atoms with E-state index in [4.69, 9.17) is 0 Å². The van der Waals surface area contributed by atoms with Crippen LogP contribution in [0.1, 0.15) is 15.9 Å². The maximum Gasteiger partial charge on any atom is 0.195 e. The zero-order chi connectivity index (χ0) is 15.2. The zero-order valence-electron chi connectivity index (χ0n) is 12.3. The minimum Gasteiger partial charge on any atom is -0.289 e. The van der Waals surface area contributed by atoms with Gasteiger partial charge < -0.3 is 0 Å². The molecule has 1 aliphatic heterocycles. The molecule has 4 rings (SSSR count). The van der Waals surface area contributed by atoms with Crippen molar-refractivity contribution in [2.24, 2.45) is 0 Å². The summed E-state index contributed by atoms with van der Waals surface area (Å²) in [6, 6.07) is 26.7. The second-order valence-electron chi connectivity index (χ2n) is 5.55. The van der Waals surface area contributed by atoms with Crippen LogP contribution in [0.3, 0.4) is 0 Å². The van der Waals surface area contributed by atoms with Crippen LogP contribution in [0.2, 0.25) is 0 Å². The minimum absolute atomic E-state index is 0.145. The number of hydrogen-bond acceptors (Lipinski definition) is 1. The Kier molecular flexibility index (Phi) is 2.95. The van der Waals surface area contributed by atoms with E-state index in [0.717, 1.165) is 11.1 Å². The van der Waals surface area contributed by atoms with Crippen molar-refractivity contribution in [2.45, 2.75) is 14.7 Å². The van der Waals surface area contributed by atoms with Crippen molar-refractivity contribution in [1.82, 2.24) is 0 Å². The predicted molar refractivity (Wildman–Crippen MR) is 91.1 cm³/mol. The molecule has 0 bridgehead atoms. The topological polar surface area (TPSA) is 17.1 Å². The highest BCUT2D eigenvalue weighted by molar-refractivity contribution is 8.33. The van der Waals surface area contributed by atoms with Gasteiger partial charge in [0.25, 0.3) is 0 Å². The van der Waals surface area contributed by atoms with Gasteiger partial charge in [-0.3, -0.25) is 4.79 Å². The van der Waals surface area contributed by atoms with Crippen LogP contribution in [0.5, 0.6) is 0 Å². The van der Waals surface area contributed by atoms with Crippen molar-refractivity contribution in [3.8, 4) is 0 Å². The Morgan fingerprint density at radius 2 is 1.09 bits per heavy atom. The van der Waals surface area contributed by atoms with E-state index >= 15 is 0 Å². The Morgan fingerprint density at radius 1 is 0.636 bits per heavy atom. The summed E-state index contributed by atoms with van der Waals surface area (Å²) in [5.41, 5.74) is 1.70. The number of hydrogen-bond donors (Lipinski definition) is 0. The molecule has 3 aromatic carbocycles. The molecule has 0 fully saturated rings. The fraction of sp³-hybridized carbons (Fsp3) is 0.0500. The maximum absolute atomic E-state index is 12.8. The van der Waals surface area contributed by atoms with Gasteiger partial charge in [-0.05, 0) is 47.5 Å². The Morgan fingerprint density at radius 3 is 1.64 bits per heavy atom. The van der Waals surface area contributed by atoms with E-state index in [1.54, 1.807) is 0 Å². The molecular formula is C20H16OS. The Hall–Kier alpha value is -2.32. The van der Waals surface area contributed by atoms with Gasteiger partial charge in [-0.15, -0.1) is 0 Å². The summed E-state index contributed by atoms with van der Waals surface area (Å²) in [6.07, 6.45) is 2.30. The van der Waals surface area contributed by atoms with Crippen molar-refractivity contribution in [2.75, 3.05) is 6.26 Å². The maximum atomic E-state index is 12.8. The fourth-order valence-electron chi connectivity index (χ4n) is 3.23. The van der Waals surface area contributed by atoms with E-state index < -0.39 is 10.0 Å². The summed E-state index contributed by atoms with van der Waals surface area (Å²) in [7, 11) is -1.39. The van der Waals surface area contributed by atoms with Gasteiger partial charge in [-0.25, -0.2) is 0 Å². The van der Waals surface area contributed by atoms with E-state index in [9.17, 15) is 4.79 Å². The van der Waals surface area contributed by atoms with Crippen LogP contribution in [0.15, 0.2) is 93.5 Å². The Labute approximate surface area is 131 Å². The summed E-state index contributed by atoms with van der Waals surface area (Å²) < 4.78 is 0. The van der Waals surface area contributed by atoms with Gasteiger partial charge in [0.05, 0.1) is 0 Å². The number of rotatable bonds is 1. The third-order valence-electron chi connectivity index (χ3n) is 4.36. The Bertz CT molecular complexity index is 818. The van der Waals surface area contributed by atoms with E-state index in [2.05, 4.69) is 42.7 Å².